The van der Waals surface area contributed by atoms with Crippen LogP contribution in [0.4, 0.5) is 0 Å². The minimum absolute atomic E-state index is 0.233. The SMILES string of the molecule is COC(=O)[C@@H](C)NC(=O)CCCCCn1c(=O)[nH]c2ccccc2c1=O. The number of para-hydroxylation sites is 1. The van der Waals surface area contributed by atoms with E-state index in [4.69, 9.17) is 0 Å². The highest BCUT2D eigenvalue weighted by Gasteiger charge is 2.15. The lowest BCUT2D eigenvalue weighted by atomic mass is 10.1. The summed E-state index contributed by atoms with van der Waals surface area (Å²) < 4.78 is 5.72. The Balaban J connectivity index is 1.83. The summed E-state index contributed by atoms with van der Waals surface area (Å²) in [6.07, 6.45) is 2.14. The highest BCUT2D eigenvalue weighted by Crippen LogP contribution is 2.05. The predicted octanol–water partition coefficient (Wildman–Crippen LogP) is 0.928. The molecule has 8 heteroatoms. The van der Waals surface area contributed by atoms with Gasteiger partial charge in [-0.1, -0.05) is 18.6 Å². The van der Waals surface area contributed by atoms with Crippen molar-refractivity contribution in [1.29, 1.82) is 0 Å². The predicted molar refractivity (Wildman–Crippen MR) is 96.9 cm³/mol. The van der Waals surface area contributed by atoms with Gasteiger partial charge in [-0.3, -0.25) is 14.2 Å². The van der Waals surface area contributed by atoms with E-state index in [9.17, 15) is 19.2 Å². The molecule has 1 aromatic heterocycles. The summed E-state index contributed by atoms with van der Waals surface area (Å²) in [6, 6.07) is 6.20. The third-order valence-corrected chi connectivity index (χ3v) is 4.11. The van der Waals surface area contributed by atoms with Gasteiger partial charge in [0.2, 0.25) is 5.91 Å². The van der Waals surface area contributed by atoms with Crippen molar-refractivity contribution in [2.24, 2.45) is 0 Å². The number of ether oxygens (including phenoxy) is 1. The average Bonchev–Trinajstić information content (AvgIpc) is 2.63. The molecule has 0 saturated carbocycles. The number of hydrogen-bond donors (Lipinski definition) is 2. The Morgan fingerprint density at radius 3 is 2.65 bits per heavy atom. The lowest BCUT2D eigenvalue weighted by Gasteiger charge is -2.11. The molecule has 2 aromatic rings. The monoisotopic (exact) mass is 361 g/mol. The maximum Gasteiger partial charge on any atom is 0.328 e. The van der Waals surface area contributed by atoms with Crippen LogP contribution in [0, 0.1) is 0 Å². The quantitative estimate of drug-likeness (QED) is 0.537. The van der Waals surface area contributed by atoms with Crippen molar-refractivity contribution in [3.8, 4) is 0 Å². The summed E-state index contributed by atoms with van der Waals surface area (Å²) in [5, 5.41) is 3.03. The summed E-state index contributed by atoms with van der Waals surface area (Å²) in [5.41, 5.74) is -0.220. The standard InChI is InChI=1S/C18H23N3O5/c1-12(17(24)26-2)19-15(22)10-4-3-7-11-21-16(23)13-8-5-6-9-14(13)20-18(21)25/h5-6,8-9,12H,3-4,7,10-11H2,1-2H3,(H,19,22)(H,20,25)/t12-/m1/s1. The minimum atomic E-state index is -0.678. The summed E-state index contributed by atoms with van der Waals surface area (Å²) in [6.45, 7) is 1.85. The molecular weight excluding hydrogens is 338 g/mol. The number of aromatic amines is 1. The molecule has 26 heavy (non-hydrogen) atoms. The number of nitrogens with one attached hydrogen (secondary N) is 2. The zero-order chi connectivity index (χ0) is 19.1. The van der Waals surface area contributed by atoms with E-state index in [0.717, 1.165) is 0 Å². The van der Waals surface area contributed by atoms with Crippen molar-refractivity contribution < 1.29 is 14.3 Å². The highest BCUT2D eigenvalue weighted by molar-refractivity contribution is 5.84. The van der Waals surface area contributed by atoms with Crippen LogP contribution in [-0.4, -0.2) is 34.6 Å². The Bertz CT molecular complexity index is 900. The summed E-state index contributed by atoms with van der Waals surface area (Å²) >= 11 is 0. The molecule has 140 valence electrons. The molecule has 0 aliphatic heterocycles. The van der Waals surface area contributed by atoms with Gasteiger partial charge in [0.05, 0.1) is 18.0 Å². The molecule has 0 aliphatic carbocycles. The van der Waals surface area contributed by atoms with Crippen LogP contribution >= 0.6 is 0 Å². The zero-order valence-electron chi connectivity index (χ0n) is 14.9. The Morgan fingerprint density at radius 2 is 1.92 bits per heavy atom. The lowest BCUT2D eigenvalue weighted by molar-refractivity contribution is -0.144. The van der Waals surface area contributed by atoms with Crippen LogP contribution in [0.1, 0.15) is 32.6 Å². The number of methoxy groups -OCH3 is 1. The molecular formula is C18H23N3O5. The molecule has 0 saturated heterocycles. The van der Waals surface area contributed by atoms with Gasteiger partial charge >= 0.3 is 11.7 Å². The molecule has 2 N–H and O–H groups in total. The van der Waals surface area contributed by atoms with Crippen molar-refractivity contribution in [3.05, 3.63) is 45.1 Å². The van der Waals surface area contributed by atoms with Crippen molar-refractivity contribution in [2.45, 2.75) is 45.2 Å². The van der Waals surface area contributed by atoms with E-state index in [0.29, 0.717) is 36.7 Å². The van der Waals surface area contributed by atoms with Crippen LogP contribution in [-0.2, 0) is 20.9 Å². The average molecular weight is 361 g/mol. The summed E-state index contributed by atoms with van der Waals surface area (Å²) in [5.74, 6) is -0.725. The van der Waals surface area contributed by atoms with E-state index in [1.165, 1.54) is 11.7 Å². The van der Waals surface area contributed by atoms with Crippen LogP contribution in [0.2, 0.25) is 0 Å². The number of aromatic nitrogens is 2. The third-order valence-electron chi connectivity index (χ3n) is 4.11. The first kappa shape index (κ1) is 19.4. The number of rotatable bonds is 8. The van der Waals surface area contributed by atoms with Crippen LogP contribution in [0.3, 0.4) is 0 Å². The lowest BCUT2D eigenvalue weighted by Crippen LogP contribution is -2.39. The first-order valence-corrected chi connectivity index (χ1v) is 8.53. The summed E-state index contributed by atoms with van der Waals surface area (Å²) in [4.78, 5) is 50.1. The molecule has 1 heterocycles. The van der Waals surface area contributed by atoms with E-state index >= 15 is 0 Å². The molecule has 0 spiro atoms. The number of carbonyl (C=O) groups is 2. The Labute approximate surface area is 150 Å². The first-order chi connectivity index (χ1) is 12.4. The highest BCUT2D eigenvalue weighted by atomic mass is 16.5. The number of fused-ring (bicyclic) bond motifs is 1. The van der Waals surface area contributed by atoms with E-state index in [-0.39, 0.29) is 17.9 Å². The molecule has 0 unspecified atom stereocenters. The maximum atomic E-state index is 12.4. The largest absolute Gasteiger partial charge is 0.467 e. The number of carbonyl (C=O) groups excluding carboxylic acids is 2. The second-order valence-electron chi connectivity index (χ2n) is 6.06. The first-order valence-electron chi connectivity index (χ1n) is 8.53. The maximum absolute atomic E-state index is 12.4. The number of hydrogen-bond acceptors (Lipinski definition) is 5. The number of H-pyrrole nitrogens is 1. The van der Waals surface area contributed by atoms with Gasteiger partial charge in [-0.25, -0.2) is 9.59 Å². The van der Waals surface area contributed by atoms with Gasteiger partial charge in [0.15, 0.2) is 0 Å². The zero-order valence-corrected chi connectivity index (χ0v) is 14.9. The smallest absolute Gasteiger partial charge is 0.328 e. The van der Waals surface area contributed by atoms with E-state index < -0.39 is 17.7 Å². The molecule has 1 aromatic carbocycles. The Morgan fingerprint density at radius 1 is 1.19 bits per heavy atom. The van der Waals surface area contributed by atoms with Gasteiger partial charge in [0, 0.05) is 13.0 Å². The Kier molecular flexibility index (Phi) is 6.71. The minimum Gasteiger partial charge on any atom is -0.467 e. The molecule has 0 fully saturated rings. The fourth-order valence-corrected chi connectivity index (χ4v) is 2.68. The normalized spacial score (nSPS) is 11.9. The van der Waals surface area contributed by atoms with Crippen LogP contribution in [0.15, 0.2) is 33.9 Å². The van der Waals surface area contributed by atoms with Crippen molar-refractivity contribution in [3.63, 3.8) is 0 Å². The second kappa shape index (κ2) is 8.98. The fourth-order valence-electron chi connectivity index (χ4n) is 2.68. The number of esters is 1. The van der Waals surface area contributed by atoms with E-state index in [1.807, 2.05) is 0 Å². The molecule has 0 aliphatic rings. The van der Waals surface area contributed by atoms with Crippen LogP contribution < -0.4 is 16.6 Å². The van der Waals surface area contributed by atoms with Crippen molar-refractivity contribution in [2.75, 3.05) is 7.11 Å². The molecule has 1 atom stereocenters. The molecule has 0 bridgehead atoms. The number of nitrogens with zero attached hydrogens (tertiary/aromatic N) is 1. The van der Waals surface area contributed by atoms with E-state index in [2.05, 4.69) is 15.0 Å². The van der Waals surface area contributed by atoms with Gasteiger partial charge in [0.25, 0.3) is 5.56 Å². The van der Waals surface area contributed by atoms with Gasteiger partial charge in [-0.2, -0.15) is 0 Å². The van der Waals surface area contributed by atoms with Crippen LogP contribution in [0.5, 0.6) is 0 Å². The fraction of sp³-hybridized carbons (Fsp3) is 0.444. The Hall–Kier alpha value is -2.90. The third kappa shape index (κ3) is 4.81. The number of benzene rings is 1. The van der Waals surface area contributed by atoms with Gasteiger partial charge in [-0.05, 0) is 31.9 Å². The van der Waals surface area contributed by atoms with Gasteiger partial charge in [-0.15, -0.1) is 0 Å². The van der Waals surface area contributed by atoms with E-state index in [1.54, 1.807) is 31.2 Å². The molecule has 8 nitrogen and oxygen atoms in total. The topological polar surface area (TPSA) is 110 Å². The molecule has 0 radical (unpaired) electrons. The number of unbranched alkanes of at least 4 members (excludes halogenated alkanes) is 2. The van der Waals surface area contributed by atoms with Crippen molar-refractivity contribution >= 4 is 22.8 Å². The van der Waals surface area contributed by atoms with Gasteiger partial charge < -0.3 is 15.0 Å². The second-order valence-corrected chi connectivity index (χ2v) is 6.06. The molecule has 1 amide bonds. The summed E-state index contributed by atoms with van der Waals surface area (Å²) in [7, 11) is 1.27. The van der Waals surface area contributed by atoms with Crippen LogP contribution in [0.25, 0.3) is 10.9 Å². The number of amides is 1. The molecule has 2 rings (SSSR count). The van der Waals surface area contributed by atoms with Gasteiger partial charge in [0.1, 0.15) is 6.04 Å². The van der Waals surface area contributed by atoms with Crippen molar-refractivity contribution in [1.82, 2.24) is 14.9 Å².